The predicted octanol–water partition coefficient (Wildman–Crippen LogP) is 2.84. The van der Waals surface area contributed by atoms with Gasteiger partial charge < -0.3 is 19.3 Å². The topological polar surface area (TPSA) is 89.4 Å². The number of amides is 1. The molecule has 1 heterocycles. The van der Waals surface area contributed by atoms with Gasteiger partial charge in [-0.25, -0.2) is 5.43 Å². The van der Waals surface area contributed by atoms with Crippen LogP contribution < -0.4 is 19.6 Å². The molecule has 0 fully saturated rings. The van der Waals surface area contributed by atoms with Crippen molar-refractivity contribution in [3.63, 3.8) is 0 Å². The number of fused-ring (bicyclic) bond motifs is 2. The maximum atomic E-state index is 12.4. The smallest absolute Gasteiger partial charge is 0.284 e. The van der Waals surface area contributed by atoms with E-state index in [2.05, 4.69) is 10.5 Å². The highest BCUT2D eigenvalue weighted by molar-refractivity contribution is 5.88. The average molecular weight is 378 g/mol. The second-order valence-electron chi connectivity index (χ2n) is 6.20. The van der Waals surface area contributed by atoms with Gasteiger partial charge in [-0.2, -0.15) is 5.10 Å². The van der Waals surface area contributed by atoms with Crippen LogP contribution in [-0.2, 0) is 4.79 Å². The van der Waals surface area contributed by atoms with Gasteiger partial charge >= 0.3 is 0 Å². The highest BCUT2D eigenvalue weighted by Crippen LogP contribution is 2.35. The van der Waals surface area contributed by atoms with Crippen LogP contribution in [0.1, 0.15) is 5.56 Å². The molecule has 0 spiro atoms. The first-order valence-electron chi connectivity index (χ1n) is 8.67. The minimum Gasteiger partial charge on any atom is -0.504 e. The Hall–Kier alpha value is -3.74. The van der Waals surface area contributed by atoms with E-state index in [1.54, 1.807) is 18.2 Å². The molecule has 0 bridgehead atoms. The van der Waals surface area contributed by atoms with Crippen LogP contribution in [-0.4, -0.2) is 37.0 Å². The molecule has 0 radical (unpaired) electrons. The van der Waals surface area contributed by atoms with Crippen LogP contribution >= 0.6 is 0 Å². The first kappa shape index (κ1) is 17.7. The fourth-order valence-corrected chi connectivity index (χ4v) is 2.93. The molecule has 1 amide bonds. The largest absolute Gasteiger partial charge is 0.504 e. The van der Waals surface area contributed by atoms with Crippen molar-refractivity contribution in [2.75, 3.05) is 13.7 Å². The SMILES string of the molecule is COc1cccc(/C=N\NC(=O)C2COc3cc4ccccc4cc3O2)c1O. The molecule has 0 saturated heterocycles. The number of nitrogens with zero attached hydrogens (tertiary/aromatic N) is 1. The minimum absolute atomic E-state index is 0.0546. The van der Waals surface area contributed by atoms with Crippen molar-refractivity contribution in [1.29, 1.82) is 0 Å². The van der Waals surface area contributed by atoms with E-state index in [1.165, 1.54) is 13.3 Å². The minimum atomic E-state index is -0.829. The molecule has 3 aromatic rings. The normalized spacial score (nSPS) is 15.5. The average Bonchev–Trinajstić information content (AvgIpc) is 2.73. The Morgan fingerprint density at radius 3 is 2.68 bits per heavy atom. The number of carbonyl (C=O) groups excluding carboxylic acids is 1. The molecule has 142 valence electrons. The molecule has 0 aliphatic carbocycles. The fourth-order valence-electron chi connectivity index (χ4n) is 2.93. The van der Waals surface area contributed by atoms with Gasteiger partial charge in [-0.3, -0.25) is 4.79 Å². The molecule has 0 aromatic heterocycles. The van der Waals surface area contributed by atoms with Crippen molar-refractivity contribution in [3.8, 4) is 23.0 Å². The maximum absolute atomic E-state index is 12.4. The van der Waals surface area contributed by atoms with Gasteiger partial charge in [0.2, 0.25) is 6.10 Å². The number of rotatable bonds is 4. The summed E-state index contributed by atoms with van der Waals surface area (Å²) >= 11 is 0. The standard InChI is InChI=1S/C21H18N2O5/c1-26-16-8-4-7-15(20(16)24)11-22-23-21(25)19-12-27-17-9-13-5-2-3-6-14(13)10-18(17)28-19/h2-11,19,24H,12H2,1H3,(H,23,25)/b22-11-. The number of phenols is 1. The van der Waals surface area contributed by atoms with Crippen molar-refractivity contribution in [3.05, 3.63) is 60.2 Å². The van der Waals surface area contributed by atoms with Crippen LogP contribution in [0.4, 0.5) is 0 Å². The van der Waals surface area contributed by atoms with E-state index in [0.717, 1.165) is 10.8 Å². The predicted molar refractivity (Wildman–Crippen MR) is 104 cm³/mol. The lowest BCUT2D eigenvalue weighted by Gasteiger charge is -2.25. The molecule has 1 aliphatic heterocycles. The van der Waals surface area contributed by atoms with Crippen LogP contribution in [0, 0.1) is 0 Å². The third-order valence-electron chi connectivity index (χ3n) is 4.39. The van der Waals surface area contributed by atoms with Crippen LogP contribution in [0.5, 0.6) is 23.0 Å². The summed E-state index contributed by atoms with van der Waals surface area (Å²) in [6.45, 7) is 0.0805. The summed E-state index contributed by atoms with van der Waals surface area (Å²) in [4.78, 5) is 12.4. The van der Waals surface area contributed by atoms with Crippen molar-refractivity contribution < 1.29 is 24.1 Å². The molecule has 2 N–H and O–H groups in total. The first-order chi connectivity index (χ1) is 13.7. The van der Waals surface area contributed by atoms with E-state index >= 15 is 0 Å². The van der Waals surface area contributed by atoms with Gasteiger partial charge in [0.05, 0.1) is 13.3 Å². The van der Waals surface area contributed by atoms with E-state index < -0.39 is 12.0 Å². The molecule has 1 unspecified atom stereocenters. The van der Waals surface area contributed by atoms with Gasteiger partial charge in [0.25, 0.3) is 5.91 Å². The Morgan fingerprint density at radius 1 is 1.18 bits per heavy atom. The summed E-state index contributed by atoms with van der Waals surface area (Å²) in [5, 5.41) is 15.9. The van der Waals surface area contributed by atoms with Crippen LogP contribution in [0.25, 0.3) is 10.8 Å². The quantitative estimate of drug-likeness (QED) is 0.538. The number of para-hydroxylation sites is 1. The van der Waals surface area contributed by atoms with Crippen LogP contribution in [0.15, 0.2) is 59.7 Å². The molecular formula is C21H18N2O5. The number of hydrazone groups is 1. The lowest BCUT2D eigenvalue weighted by atomic mass is 10.1. The molecule has 7 heteroatoms. The van der Waals surface area contributed by atoms with Crippen LogP contribution in [0.2, 0.25) is 0 Å². The zero-order valence-electron chi connectivity index (χ0n) is 15.1. The lowest BCUT2D eigenvalue weighted by Crippen LogP contribution is -2.42. The van der Waals surface area contributed by atoms with Gasteiger partial charge in [-0.1, -0.05) is 30.3 Å². The number of methoxy groups -OCH3 is 1. The van der Waals surface area contributed by atoms with Crippen molar-refractivity contribution >= 4 is 22.9 Å². The van der Waals surface area contributed by atoms with Gasteiger partial charge in [-0.15, -0.1) is 0 Å². The fraction of sp³-hybridized carbons (Fsp3) is 0.143. The third kappa shape index (κ3) is 3.42. The summed E-state index contributed by atoms with van der Waals surface area (Å²) < 4.78 is 16.5. The molecule has 1 atom stereocenters. The monoisotopic (exact) mass is 378 g/mol. The van der Waals surface area contributed by atoms with E-state index in [-0.39, 0.29) is 12.4 Å². The Bertz CT molecular complexity index is 1060. The molecular weight excluding hydrogens is 360 g/mol. The molecule has 28 heavy (non-hydrogen) atoms. The first-order valence-corrected chi connectivity index (χ1v) is 8.67. The van der Waals surface area contributed by atoms with E-state index in [4.69, 9.17) is 14.2 Å². The highest BCUT2D eigenvalue weighted by atomic mass is 16.6. The molecule has 1 aliphatic rings. The van der Waals surface area contributed by atoms with Crippen molar-refractivity contribution in [1.82, 2.24) is 5.43 Å². The number of ether oxygens (including phenoxy) is 3. The summed E-state index contributed by atoms with van der Waals surface area (Å²) in [6.07, 6.45) is 0.505. The molecule has 4 rings (SSSR count). The number of benzene rings is 3. The summed E-state index contributed by atoms with van der Waals surface area (Å²) in [5.74, 6) is 0.939. The van der Waals surface area contributed by atoms with E-state index in [9.17, 15) is 9.90 Å². The second-order valence-corrected chi connectivity index (χ2v) is 6.20. The Balaban J connectivity index is 1.44. The van der Waals surface area contributed by atoms with Gasteiger partial charge in [0.15, 0.2) is 23.0 Å². The number of phenolic OH excluding ortho intramolecular Hbond substituents is 1. The Labute approximate surface area is 161 Å². The number of hydrogen-bond acceptors (Lipinski definition) is 6. The van der Waals surface area contributed by atoms with E-state index in [0.29, 0.717) is 22.8 Å². The van der Waals surface area contributed by atoms with Crippen molar-refractivity contribution in [2.24, 2.45) is 5.10 Å². The number of nitrogens with one attached hydrogen (secondary N) is 1. The van der Waals surface area contributed by atoms with Gasteiger partial charge in [0.1, 0.15) is 6.61 Å². The Kier molecular flexibility index (Phi) is 4.72. The lowest BCUT2D eigenvalue weighted by molar-refractivity contribution is -0.130. The summed E-state index contributed by atoms with van der Waals surface area (Å²) in [6, 6.07) is 16.6. The number of aromatic hydroxyl groups is 1. The zero-order valence-corrected chi connectivity index (χ0v) is 15.1. The molecule has 0 saturated carbocycles. The third-order valence-corrected chi connectivity index (χ3v) is 4.39. The summed E-state index contributed by atoms with van der Waals surface area (Å²) in [5.41, 5.74) is 2.82. The maximum Gasteiger partial charge on any atom is 0.284 e. The summed E-state index contributed by atoms with van der Waals surface area (Å²) in [7, 11) is 1.46. The number of hydrogen-bond donors (Lipinski definition) is 2. The van der Waals surface area contributed by atoms with Crippen molar-refractivity contribution in [2.45, 2.75) is 6.10 Å². The van der Waals surface area contributed by atoms with Gasteiger partial charge in [0, 0.05) is 5.56 Å². The van der Waals surface area contributed by atoms with E-state index in [1.807, 2.05) is 36.4 Å². The number of carbonyl (C=O) groups is 1. The molecule has 3 aromatic carbocycles. The second kappa shape index (κ2) is 7.48. The zero-order chi connectivity index (χ0) is 19.5. The highest BCUT2D eigenvalue weighted by Gasteiger charge is 2.27. The molecule has 7 nitrogen and oxygen atoms in total. The Morgan fingerprint density at radius 2 is 1.93 bits per heavy atom. The van der Waals surface area contributed by atoms with Gasteiger partial charge in [-0.05, 0) is 35.0 Å². The van der Waals surface area contributed by atoms with Crippen LogP contribution in [0.3, 0.4) is 0 Å².